The van der Waals surface area contributed by atoms with E-state index in [-0.39, 0.29) is 5.97 Å². The van der Waals surface area contributed by atoms with E-state index in [2.05, 4.69) is 6.92 Å². The van der Waals surface area contributed by atoms with E-state index in [0.29, 0.717) is 13.0 Å². The Labute approximate surface area is 150 Å². The molecule has 0 aliphatic heterocycles. The van der Waals surface area contributed by atoms with Gasteiger partial charge in [-0.05, 0) is 29.7 Å². The summed E-state index contributed by atoms with van der Waals surface area (Å²) in [5, 5.41) is 0. The highest BCUT2D eigenvalue weighted by Crippen LogP contribution is 2.30. The second kappa shape index (κ2) is 9.54. The number of benzene rings is 1. The summed E-state index contributed by atoms with van der Waals surface area (Å²) < 4.78 is 11.4. The SMILES string of the molecule is CCCCCCOC1(N)C=CC(OC(C)=O)C(=Cc2ccccc2)C1. The Balaban J connectivity index is 2.10. The predicted molar refractivity (Wildman–Crippen MR) is 101 cm³/mol. The maximum Gasteiger partial charge on any atom is 0.303 e. The minimum atomic E-state index is -0.844. The lowest BCUT2D eigenvalue weighted by Gasteiger charge is -2.34. The number of carbonyl (C=O) groups is 1. The standard InChI is InChI=1S/C21H29NO3/c1-3-4-5-9-14-24-21(22)13-12-20(25-17(2)23)19(16-21)15-18-10-7-6-8-11-18/h6-8,10-13,15,20H,3-5,9,14,16,22H2,1-2H3. The molecule has 4 nitrogen and oxygen atoms in total. The summed E-state index contributed by atoms with van der Waals surface area (Å²) in [5.74, 6) is -0.307. The molecule has 1 aromatic rings. The third kappa shape index (κ3) is 6.48. The van der Waals surface area contributed by atoms with Crippen LogP contribution in [0.1, 0.15) is 51.5 Å². The van der Waals surface area contributed by atoms with Crippen molar-refractivity contribution in [1.82, 2.24) is 0 Å². The zero-order chi connectivity index (χ0) is 18.1. The number of rotatable bonds is 8. The molecule has 0 spiro atoms. The summed E-state index contributed by atoms with van der Waals surface area (Å²) in [5.41, 5.74) is 7.57. The molecule has 2 rings (SSSR count). The molecular formula is C21H29NO3. The van der Waals surface area contributed by atoms with E-state index in [1.165, 1.54) is 19.8 Å². The zero-order valence-electron chi connectivity index (χ0n) is 15.2. The van der Waals surface area contributed by atoms with Gasteiger partial charge in [-0.3, -0.25) is 10.5 Å². The summed E-state index contributed by atoms with van der Waals surface area (Å²) in [7, 11) is 0. The first-order chi connectivity index (χ1) is 12.0. The normalized spacial score (nSPS) is 24.4. The second-order valence-corrected chi connectivity index (χ2v) is 6.56. The Morgan fingerprint density at radius 1 is 1.28 bits per heavy atom. The molecule has 1 aliphatic carbocycles. The lowest BCUT2D eigenvalue weighted by Crippen LogP contribution is -2.45. The van der Waals surface area contributed by atoms with Crippen molar-refractivity contribution in [3.63, 3.8) is 0 Å². The van der Waals surface area contributed by atoms with Crippen molar-refractivity contribution in [3.8, 4) is 0 Å². The predicted octanol–water partition coefficient (Wildman–Crippen LogP) is 4.21. The monoisotopic (exact) mass is 343 g/mol. The highest BCUT2D eigenvalue weighted by atomic mass is 16.5. The van der Waals surface area contributed by atoms with E-state index < -0.39 is 11.8 Å². The molecule has 2 atom stereocenters. The van der Waals surface area contributed by atoms with E-state index in [9.17, 15) is 4.79 Å². The van der Waals surface area contributed by atoms with Crippen molar-refractivity contribution in [3.05, 3.63) is 53.6 Å². The molecule has 25 heavy (non-hydrogen) atoms. The minimum absolute atomic E-state index is 0.307. The summed E-state index contributed by atoms with van der Waals surface area (Å²) in [6.07, 6.45) is 10.4. The van der Waals surface area contributed by atoms with Gasteiger partial charge in [0.2, 0.25) is 0 Å². The van der Waals surface area contributed by atoms with Crippen LogP contribution in [0.25, 0.3) is 6.08 Å². The van der Waals surface area contributed by atoms with Crippen LogP contribution in [0.5, 0.6) is 0 Å². The molecular weight excluding hydrogens is 314 g/mol. The Kier molecular flexibility index (Phi) is 7.41. The number of nitrogens with two attached hydrogens (primary N) is 1. The van der Waals surface area contributed by atoms with Crippen LogP contribution in [0.3, 0.4) is 0 Å². The molecule has 136 valence electrons. The number of esters is 1. The fraction of sp³-hybridized carbons (Fsp3) is 0.476. The Morgan fingerprint density at radius 3 is 2.72 bits per heavy atom. The van der Waals surface area contributed by atoms with E-state index >= 15 is 0 Å². The molecule has 0 aromatic heterocycles. The maximum atomic E-state index is 11.4. The van der Waals surface area contributed by atoms with Gasteiger partial charge in [0.1, 0.15) is 11.8 Å². The quantitative estimate of drug-likeness (QED) is 0.332. The van der Waals surface area contributed by atoms with Crippen molar-refractivity contribution < 1.29 is 14.3 Å². The van der Waals surface area contributed by atoms with Gasteiger partial charge >= 0.3 is 5.97 Å². The lowest BCUT2D eigenvalue weighted by atomic mass is 9.90. The number of unbranched alkanes of at least 4 members (excludes halogenated alkanes) is 3. The molecule has 0 saturated carbocycles. The highest BCUT2D eigenvalue weighted by molar-refractivity contribution is 5.67. The Morgan fingerprint density at radius 2 is 2.04 bits per heavy atom. The van der Waals surface area contributed by atoms with Crippen molar-refractivity contribution in [2.75, 3.05) is 6.61 Å². The number of hydrogen-bond donors (Lipinski definition) is 1. The van der Waals surface area contributed by atoms with Crippen LogP contribution >= 0.6 is 0 Å². The average Bonchev–Trinajstić information content (AvgIpc) is 2.58. The van der Waals surface area contributed by atoms with Crippen LogP contribution in [0.2, 0.25) is 0 Å². The van der Waals surface area contributed by atoms with Crippen LogP contribution in [0.15, 0.2) is 48.1 Å². The highest BCUT2D eigenvalue weighted by Gasteiger charge is 2.32. The molecule has 0 bridgehead atoms. The fourth-order valence-corrected chi connectivity index (χ4v) is 2.93. The largest absolute Gasteiger partial charge is 0.454 e. The molecule has 0 saturated heterocycles. The summed E-state index contributed by atoms with van der Waals surface area (Å²) in [6.45, 7) is 4.24. The molecule has 1 aromatic carbocycles. The Bertz CT molecular complexity index is 609. The van der Waals surface area contributed by atoms with Gasteiger partial charge in [-0.1, -0.05) is 62.6 Å². The number of ether oxygens (including phenoxy) is 2. The van der Waals surface area contributed by atoms with Gasteiger partial charge < -0.3 is 9.47 Å². The molecule has 0 amide bonds. The van der Waals surface area contributed by atoms with Gasteiger partial charge in [-0.2, -0.15) is 0 Å². The number of carbonyl (C=O) groups excluding carboxylic acids is 1. The minimum Gasteiger partial charge on any atom is -0.454 e. The third-order valence-corrected chi connectivity index (χ3v) is 4.21. The summed E-state index contributed by atoms with van der Waals surface area (Å²) in [4.78, 5) is 11.4. The van der Waals surface area contributed by atoms with Crippen LogP contribution in [-0.2, 0) is 14.3 Å². The van der Waals surface area contributed by atoms with E-state index in [1.807, 2.05) is 48.6 Å². The van der Waals surface area contributed by atoms with Gasteiger partial charge in [-0.15, -0.1) is 0 Å². The van der Waals surface area contributed by atoms with Gasteiger partial charge in [0, 0.05) is 20.0 Å². The van der Waals surface area contributed by atoms with E-state index in [0.717, 1.165) is 24.0 Å². The van der Waals surface area contributed by atoms with Crippen molar-refractivity contribution in [1.29, 1.82) is 0 Å². The van der Waals surface area contributed by atoms with Gasteiger partial charge in [0.15, 0.2) is 0 Å². The average molecular weight is 343 g/mol. The van der Waals surface area contributed by atoms with Crippen LogP contribution < -0.4 is 5.73 Å². The summed E-state index contributed by atoms with van der Waals surface area (Å²) in [6, 6.07) is 9.95. The first-order valence-electron chi connectivity index (χ1n) is 9.07. The lowest BCUT2D eigenvalue weighted by molar-refractivity contribution is -0.143. The molecule has 4 heteroatoms. The van der Waals surface area contributed by atoms with E-state index in [4.69, 9.17) is 15.2 Å². The van der Waals surface area contributed by atoms with Crippen molar-refractivity contribution in [2.24, 2.45) is 5.73 Å². The smallest absolute Gasteiger partial charge is 0.303 e. The first kappa shape index (κ1) is 19.4. The third-order valence-electron chi connectivity index (χ3n) is 4.21. The molecule has 2 N–H and O–H groups in total. The van der Waals surface area contributed by atoms with Gasteiger partial charge in [0.05, 0.1) is 0 Å². The molecule has 1 aliphatic rings. The number of hydrogen-bond acceptors (Lipinski definition) is 4. The Hall–Kier alpha value is -1.91. The van der Waals surface area contributed by atoms with Crippen LogP contribution in [0, 0.1) is 0 Å². The second-order valence-electron chi connectivity index (χ2n) is 6.56. The first-order valence-corrected chi connectivity index (χ1v) is 9.07. The van der Waals surface area contributed by atoms with Crippen molar-refractivity contribution >= 4 is 12.0 Å². The topological polar surface area (TPSA) is 61.6 Å². The molecule has 0 heterocycles. The molecule has 0 radical (unpaired) electrons. The van der Waals surface area contributed by atoms with Crippen molar-refractivity contribution in [2.45, 2.75) is 57.8 Å². The van der Waals surface area contributed by atoms with Crippen LogP contribution in [-0.4, -0.2) is 24.4 Å². The fourth-order valence-electron chi connectivity index (χ4n) is 2.93. The van der Waals surface area contributed by atoms with E-state index in [1.54, 1.807) is 0 Å². The zero-order valence-corrected chi connectivity index (χ0v) is 15.2. The van der Waals surface area contributed by atoms with Crippen LogP contribution in [0.4, 0.5) is 0 Å². The van der Waals surface area contributed by atoms with Gasteiger partial charge in [-0.25, -0.2) is 0 Å². The molecule has 2 unspecified atom stereocenters. The maximum absolute atomic E-state index is 11.4. The van der Waals surface area contributed by atoms with Gasteiger partial charge in [0.25, 0.3) is 0 Å². The molecule has 0 fully saturated rings. The summed E-state index contributed by atoms with van der Waals surface area (Å²) >= 11 is 0.